The number of hydrogen-bond acceptors (Lipinski definition) is 4. The summed E-state index contributed by atoms with van der Waals surface area (Å²) in [6, 6.07) is 12.6. The molecule has 0 unspecified atom stereocenters. The van der Waals surface area contributed by atoms with E-state index in [1.807, 2.05) is 37.5 Å². The number of aldehydes is 1. The van der Waals surface area contributed by atoms with Gasteiger partial charge in [0, 0.05) is 17.2 Å². The highest BCUT2D eigenvalue weighted by Crippen LogP contribution is 2.38. The number of hydrogen-bond donors (Lipinski definition) is 0. The molecule has 1 aliphatic carbocycles. The van der Waals surface area contributed by atoms with Crippen LogP contribution in [0.25, 0.3) is 21.9 Å². The van der Waals surface area contributed by atoms with E-state index in [1.165, 1.54) is 19.1 Å². The van der Waals surface area contributed by atoms with Crippen molar-refractivity contribution in [3.63, 3.8) is 0 Å². The minimum Gasteiger partial charge on any atom is -0.493 e. The number of pyridine rings is 1. The van der Waals surface area contributed by atoms with Gasteiger partial charge in [0.1, 0.15) is 12.8 Å². The number of sulfone groups is 1. The molecule has 0 saturated heterocycles. The first-order chi connectivity index (χ1) is 13.4. The number of ether oxygens (including phenoxy) is 1. The van der Waals surface area contributed by atoms with Crippen LogP contribution < -0.4 is 9.30 Å². The Morgan fingerprint density at radius 1 is 1.11 bits per heavy atom. The van der Waals surface area contributed by atoms with Crippen molar-refractivity contribution in [3.05, 3.63) is 54.4 Å². The van der Waals surface area contributed by atoms with Crippen LogP contribution in [0, 0.1) is 5.92 Å². The van der Waals surface area contributed by atoms with E-state index in [2.05, 4.69) is 0 Å². The molecule has 1 aliphatic rings. The number of rotatable bonds is 6. The summed E-state index contributed by atoms with van der Waals surface area (Å²) in [6.45, 7) is 0.627. The lowest BCUT2D eigenvalue weighted by atomic mass is 9.98. The van der Waals surface area contributed by atoms with Gasteiger partial charge in [0.15, 0.2) is 16.0 Å². The third-order valence-corrected chi connectivity index (χ3v) is 6.26. The summed E-state index contributed by atoms with van der Waals surface area (Å²) in [6.07, 6.45) is 6.23. The molecule has 6 heteroatoms. The van der Waals surface area contributed by atoms with Crippen LogP contribution in [0.4, 0.5) is 0 Å². The maximum atomic E-state index is 12.1. The molecular formula is C22H22NO4S+. The zero-order valence-corrected chi connectivity index (χ0v) is 16.7. The van der Waals surface area contributed by atoms with Crippen molar-refractivity contribution in [2.45, 2.75) is 17.7 Å². The first-order valence-electron chi connectivity index (χ1n) is 9.22. The Morgan fingerprint density at radius 3 is 2.46 bits per heavy atom. The van der Waals surface area contributed by atoms with Crippen molar-refractivity contribution in [3.8, 4) is 16.9 Å². The molecule has 0 spiro atoms. The Bertz CT molecular complexity index is 1180. The number of nitrogens with zero attached hydrogens (tertiary/aromatic N) is 1. The van der Waals surface area contributed by atoms with E-state index in [9.17, 15) is 13.2 Å². The standard InChI is InChI=1S/C22H22NO4S/c1-23-12-20(17-5-3-4-6-18(17)21(23)13-24)19-11-16(28(2,25)26)9-10-22(19)27-14-15-7-8-15/h3-6,9-13,15H,7-8,14H2,1-2H3/q+1. The van der Waals surface area contributed by atoms with E-state index in [1.54, 1.807) is 22.8 Å². The lowest BCUT2D eigenvalue weighted by Gasteiger charge is -2.14. The van der Waals surface area contributed by atoms with Crippen LogP contribution in [-0.4, -0.2) is 27.6 Å². The van der Waals surface area contributed by atoms with Gasteiger partial charge in [-0.25, -0.2) is 8.42 Å². The molecule has 0 N–H and O–H groups in total. The van der Waals surface area contributed by atoms with Crippen LogP contribution in [0.15, 0.2) is 53.6 Å². The number of carbonyl (C=O) groups is 1. The Morgan fingerprint density at radius 2 is 1.82 bits per heavy atom. The predicted molar refractivity (Wildman–Crippen MR) is 107 cm³/mol. The van der Waals surface area contributed by atoms with Gasteiger partial charge in [0.25, 0.3) is 5.69 Å². The molecular weight excluding hydrogens is 374 g/mol. The van der Waals surface area contributed by atoms with Crippen molar-refractivity contribution in [1.82, 2.24) is 0 Å². The maximum Gasteiger partial charge on any atom is 0.253 e. The van der Waals surface area contributed by atoms with E-state index >= 15 is 0 Å². The Hall–Kier alpha value is -2.73. The summed E-state index contributed by atoms with van der Waals surface area (Å²) in [5, 5.41) is 1.69. The Balaban J connectivity index is 1.97. The number of aryl methyl sites for hydroxylation is 1. The molecule has 5 nitrogen and oxygen atoms in total. The molecule has 144 valence electrons. The van der Waals surface area contributed by atoms with Crippen molar-refractivity contribution in [2.75, 3.05) is 12.9 Å². The van der Waals surface area contributed by atoms with Gasteiger partial charge in [-0.3, -0.25) is 4.79 Å². The zero-order chi connectivity index (χ0) is 19.9. The van der Waals surface area contributed by atoms with Crippen LogP contribution >= 0.6 is 0 Å². The molecule has 1 saturated carbocycles. The SMILES string of the molecule is C[n+]1cc(-c2cc(S(C)(=O)=O)ccc2OCC2CC2)c2ccccc2c1C=O. The van der Waals surface area contributed by atoms with Crippen LogP contribution in [0.1, 0.15) is 23.3 Å². The first-order valence-corrected chi connectivity index (χ1v) is 11.1. The van der Waals surface area contributed by atoms with Crippen LogP contribution in [-0.2, 0) is 16.9 Å². The largest absolute Gasteiger partial charge is 0.493 e. The third-order valence-electron chi connectivity index (χ3n) is 5.15. The molecule has 0 aliphatic heterocycles. The van der Waals surface area contributed by atoms with Crippen molar-refractivity contribution >= 4 is 26.9 Å². The van der Waals surface area contributed by atoms with E-state index in [0.29, 0.717) is 29.5 Å². The lowest BCUT2D eigenvalue weighted by Crippen LogP contribution is -2.33. The molecule has 0 atom stereocenters. The molecule has 2 aromatic carbocycles. The fourth-order valence-electron chi connectivity index (χ4n) is 3.39. The number of aromatic nitrogens is 1. The second kappa shape index (κ2) is 7.02. The highest BCUT2D eigenvalue weighted by atomic mass is 32.2. The Kier molecular flexibility index (Phi) is 4.67. The lowest BCUT2D eigenvalue weighted by molar-refractivity contribution is -0.671. The maximum absolute atomic E-state index is 12.1. The molecule has 4 rings (SSSR count). The molecule has 0 amide bonds. The normalized spacial score (nSPS) is 14.2. The molecule has 1 heterocycles. The smallest absolute Gasteiger partial charge is 0.253 e. The van der Waals surface area contributed by atoms with Gasteiger partial charge in [-0.1, -0.05) is 18.2 Å². The summed E-state index contributed by atoms with van der Waals surface area (Å²) >= 11 is 0. The van der Waals surface area contributed by atoms with Gasteiger partial charge in [0.2, 0.25) is 6.29 Å². The van der Waals surface area contributed by atoms with Crippen molar-refractivity contribution < 1.29 is 22.5 Å². The minimum atomic E-state index is -3.36. The van der Waals surface area contributed by atoms with E-state index in [4.69, 9.17) is 4.74 Å². The van der Waals surface area contributed by atoms with Crippen molar-refractivity contribution in [1.29, 1.82) is 0 Å². The van der Waals surface area contributed by atoms with Gasteiger partial charge >= 0.3 is 0 Å². The molecule has 0 radical (unpaired) electrons. The quantitative estimate of drug-likeness (QED) is 0.474. The summed E-state index contributed by atoms with van der Waals surface area (Å²) in [4.78, 5) is 11.8. The van der Waals surface area contributed by atoms with Crippen LogP contribution in [0.3, 0.4) is 0 Å². The summed E-state index contributed by atoms with van der Waals surface area (Å²) in [5.74, 6) is 1.23. The predicted octanol–water partition coefficient (Wildman–Crippen LogP) is 3.34. The summed E-state index contributed by atoms with van der Waals surface area (Å²) in [7, 11) is -1.55. The molecule has 28 heavy (non-hydrogen) atoms. The third kappa shape index (κ3) is 3.52. The van der Waals surface area contributed by atoms with Crippen LogP contribution in [0.2, 0.25) is 0 Å². The summed E-state index contributed by atoms with van der Waals surface area (Å²) < 4.78 is 32.1. The summed E-state index contributed by atoms with van der Waals surface area (Å²) in [5.41, 5.74) is 2.12. The van der Waals surface area contributed by atoms with Crippen LogP contribution in [0.5, 0.6) is 5.75 Å². The van der Waals surface area contributed by atoms with E-state index < -0.39 is 9.84 Å². The monoisotopic (exact) mass is 396 g/mol. The van der Waals surface area contributed by atoms with Gasteiger partial charge in [-0.15, -0.1) is 0 Å². The van der Waals surface area contributed by atoms with Gasteiger partial charge in [0.05, 0.1) is 22.5 Å². The minimum absolute atomic E-state index is 0.243. The molecule has 1 aromatic heterocycles. The highest BCUT2D eigenvalue weighted by Gasteiger charge is 2.24. The topological polar surface area (TPSA) is 64.3 Å². The second-order valence-electron chi connectivity index (χ2n) is 7.39. The Labute approximate surface area is 164 Å². The molecule has 1 fully saturated rings. The average molecular weight is 396 g/mol. The molecule has 3 aromatic rings. The van der Waals surface area contributed by atoms with Crippen molar-refractivity contribution in [2.24, 2.45) is 13.0 Å². The van der Waals surface area contributed by atoms with Gasteiger partial charge < -0.3 is 4.74 Å². The average Bonchev–Trinajstić information content (AvgIpc) is 3.49. The van der Waals surface area contributed by atoms with Gasteiger partial charge in [-0.05, 0) is 43.0 Å². The van der Waals surface area contributed by atoms with Gasteiger partial charge in [-0.2, -0.15) is 4.57 Å². The second-order valence-corrected chi connectivity index (χ2v) is 9.40. The number of benzene rings is 2. The highest BCUT2D eigenvalue weighted by molar-refractivity contribution is 7.90. The fourth-order valence-corrected chi connectivity index (χ4v) is 4.04. The fraction of sp³-hybridized carbons (Fsp3) is 0.273. The number of carbonyl (C=O) groups excluding carboxylic acids is 1. The number of fused-ring (bicyclic) bond motifs is 1. The van der Waals surface area contributed by atoms with E-state index in [0.717, 1.165) is 22.6 Å². The van der Waals surface area contributed by atoms with E-state index in [-0.39, 0.29) is 4.90 Å². The zero-order valence-electron chi connectivity index (χ0n) is 15.9. The first kappa shape index (κ1) is 18.6. The molecule has 0 bridgehead atoms.